The number of hydrogen-bond acceptors (Lipinski definition) is 6. The van der Waals surface area contributed by atoms with Crippen LogP contribution in [0.3, 0.4) is 0 Å². The lowest BCUT2D eigenvalue weighted by Gasteiger charge is -2.03. The third kappa shape index (κ3) is 4.26. The minimum Gasteiger partial charge on any atom is -0.459 e. The molecule has 3 heterocycles. The Morgan fingerprint density at radius 2 is 2.08 bits per heavy atom. The SMILES string of the molecule is O=C(Cc1csc(NC(=O)c2ccco2)n1)NCc1ccccn1. The van der Waals surface area contributed by atoms with Gasteiger partial charge in [-0.3, -0.25) is 19.9 Å². The van der Waals surface area contributed by atoms with E-state index >= 15 is 0 Å². The Balaban J connectivity index is 1.50. The van der Waals surface area contributed by atoms with Crippen LogP contribution in [0.15, 0.2) is 52.6 Å². The van der Waals surface area contributed by atoms with Crippen molar-refractivity contribution in [3.8, 4) is 0 Å². The molecular weight excluding hydrogens is 328 g/mol. The maximum absolute atomic E-state index is 11.9. The molecule has 0 aliphatic rings. The molecule has 0 saturated carbocycles. The molecule has 0 bridgehead atoms. The summed E-state index contributed by atoms with van der Waals surface area (Å²) in [5.74, 6) is -0.324. The summed E-state index contributed by atoms with van der Waals surface area (Å²) in [6.45, 7) is 0.367. The zero-order chi connectivity index (χ0) is 16.8. The molecule has 7 nitrogen and oxygen atoms in total. The van der Waals surface area contributed by atoms with E-state index < -0.39 is 0 Å². The van der Waals surface area contributed by atoms with Crippen molar-refractivity contribution >= 4 is 28.3 Å². The van der Waals surface area contributed by atoms with Gasteiger partial charge >= 0.3 is 0 Å². The zero-order valence-electron chi connectivity index (χ0n) is 12.6. The number of hydrogen-bond donors (Lipinski definition) is 2. The van der Waals surface area contributed by atoms with Crippen molar-refractivity contribution < 1.29 is 14.0 Å². The van der Waals surface area contributed by atoms with E-state index in [2.05, 4.69) is 20.6 Å². The third-order valence-corrected chi connectivity index (χ3v) is 3.86. The monoisotopic (exact) mass is 342 g/mol. The second-order valence-corrected chi connectivity index (χ2v) is 5.71. The minimum absolute atomic E-state index is 0.139. The molecule has 0 spiro atoms. The Kier molecular flexibility index (Phi) is 4.97. The predicted molar refractivity (Wildman–Crippen MR) is 88.6 cm³/mol. The van der Waals surface area contributed by atoms with Gasteiger partial charge in [0, 0.05) is 11.6 Å². The lowest BCUT2D eigenvalue weighted by molar-refractivity contribution is -0.120. The molecular formula is C16H14N4O3S. The van der Waals surface area contributed by atoms with Crippen molar-refractivity contribution in [3.05, 3.63) is 65.3 Å². The maximum atomic E-state index is 11.9. The molecule has 0 aromatic carbocycles. The lowest BCUT2D eigenvalue weighted by Crippen LogP contribution is -2.25. The number of anilines is 1. The molecule has 0 aliphatic heterocycles. The highest BCUT2D eigenvalue weighted by molar-refractivity contribution is 7.14. The first-order valence-electron chi connectivity index (χ1n) is 7.16. The molecule has 3 rings (SSSR count). The number of rotatable bonds is 6. The van der Waals surface area contributed by atoms with Crippen LogP contribution in [0, 0.1) is 0 Å². The summed E-state index contributed by atoms with van der Waals surface area (Å²) < 4.78 is 5.01. The van der Waals surface area contributed by atoms with Gasteiger partial charge in [-0.05, 0) is 24.3 Å². The Hall–Kier alpha value is -3.00. The summed E-state index contributed by atoms with van der Waals surface area (Å²) in [6, 6.07) is 8.72. The fraction of sp³-hybridized carbons (Fsp3) is 0.125. The van der Waals surface area contributed by atoms with E-state index in [1.807, 2.05) is 18.2 Å². The third-order valence-electron chi connectivity index (χ3n) is 3.05. The van der Waals surface area contributed by atoms with E-state index in [0.717, 1.165) is 5.69 Å². The number of thiazole rings is 1. The molecule has 0 radical (unpaired) electrons. The molecule has 0 fully saturated rings. The van der Waals surface area contributed by atoms with E-state index in [0.29, 0.717) is 17.4 Å². The van der Waals surface area contributed by atoms with Crippen LogP contribution in [0.4, 0.5) is 5.13 Å². The fourth-order valence-corrected chi connectivity index (χ4v) is 2.64. The van der Waals surface area contributed by atoms with Crippen molar-refractivity contribution in [2.75, 3.05) is 5.32 Å². The normalized spacial score (nSPS) is 10.3. The van der Waals surface area contributed by atoms with Gasteiger partial charge in [-0.15, -0.1) is 11.3 Å². The van der Waals surface area contributed by atoms with Crippen LogP contribution >= 0.6 is 11.3 Å². The zero-order valence-corrected chi connectivity index (χ0v) is 13.4. The Morgan fingerprint density at radius 1 is 1.17 bits per heavy atom. The first-order chi connectivity index (χ1) is 11.7. The maximum Gasteiger partial charge on any atom is 0.293 e. The molecule has 122 valence electrons. The number of nitrogens with one attached hydrogen (secondary N) is 2. The molecule has 2 N–H and O–H groups in total. The minimum atomic E-state index is -0.375. The quantitative estimate of drug-likeness (QED) is 0.716. The number of nitrogens with zero attached hydrogens (tertiary/aromatic N) is 2. The van der Waals surface area contributed by atoms with E-state index in [1.54, 1.807) is 23.7 Å². The average molecular weight is 342 g/mol. The lowest BCUT2D eigenvalue weighted by atomic mass is 10.3. The first-order valence-corrected chi connectivity index (χ1v) is 8.04. The average Bonchev–Trinajstić information content (AvgIpc) is 3.26. The largest absolute Gasteiger partial charge is 0.459 e. The van der Waals surface area contributed by atoms with Crippen LogP contribution in [0.25, 0.3) is 0 Å². The van der Waals surface area contributed by atoms with Crippen molar-refractivity contribution in [3.63, 3.8) is 0 Å². The molecule has 24 heavy (non-hydrogen) atoms. The van der Waals surface area contributed by atoms with Crippen LogP contribution < -0.4 is 10.6 Å². The Bertz CT molecular complexity index is 815. The van der Waals surface area contributed by atoms with Gasteiger partial charge in [0.15, 0.2) is 10.9 Å². The molecule has 0 aliphatic carbocycles. The second-order valence-electron chi connectivity index (χ2n) is 4.85. The van der Waals surface area contributed by atoms with Crippen LogP contribution in [0.2, 0.25) is 0 Å². The number of furan rings is 1. The number of carbonyl (C=O) groups is 2. The highest BCUT2D eigenvalue weighted by Crippen LogP contribution is 2.17. The van der Waals surface area contributed by atoms with Crippen molar-refractivity contribution in [1.29, 1.82) is 0 Å². The molecule has 0 saturated heterocycles. The number of carbonyl (C=O) groups excluding carboxylic acids is 2. The number of amides is 2. The van der Waals surface area contributed by atoms with Crippen molar-refractivity contribution in [2.24, 2.45) is 0 Å². The van der Waals surface area contributed by atoms with Crippen LogP contribution in [-0.2, 0) is 17.8 Å². The van der Waals surface area contributed by atoms with E-state index in [4.69, 9.17) is 4.42 Å². The predicted octanol–water partition coefficient (Wildman–Crippen LogP) is 2.24. The molecule has 8 heteroatoms. The Labute approximate surface area is 141 Å². The molecule has 2 amide bonds. The standard InChI is InChI=1S/C16H14N4O3S/c21-14(18-9-11-4-1-2-6-17-11)8-12-10-24-16(19-12)20-15(22)13-5-3-7-23-13/h1-7,10H,8-9H2,(H,18,21)(H,19,20,22). The van der Waals surface area contributed by atoms with Gasteiger partial charge < -0.3 is 9.73 Å². The second kappa shape index (κ2) is 7.51. The van der Waals surface area contributed by atoms with Gasteiger partial charge in [0.05, 0.1) is 30.6 Å². The summed E-state index contributed by atoms with van der Waals surface area (Å²) in [5.41, 5.74) is 1.38. The topological polar surface area (TPSA) is 97.1 Å². The van der Waals surface area contributed by atoms with E-state index in [1.165, 1.54) is 17.6 Å². The van der Waals surface area contributed by atoms with Crippen LogP contribution in [-0.4, -0.2) is 21.8 Å². The van der Waals surface area contributed by atoms with Gasteiger partial charge in [0.25, 0.3) is 5.91 Å². The molecule has 0 atom stereocenters. The van der Waals surface area contributed by atoms with Gasteiger partial charge in [-0.25, -0.2) is 4.98 Å². The summed E-state index contributed by atoms with van der Waals surface area (Å²) in [4.78, 5) is 32.1. The van der Waals surface area contributed by atoms with Crippen LogP contribution in [0.1, 0.15) is 21.9 Å². The van der Waals surface area contributed by atoms with Crippen LogP contribution in [0.5, 0.6) is 0 Å². The Morgan fingerprint density at radius 3 is 2.83 bits per heavy atom. The summed E-state index contributed by atoms with van der Waals surface area (Å²) >= 11 is 1.25. The summed E-state index contributed by atoms with van der Waals surface area (Å²) in [7, 11) is 0. The van der Waals surface area contributed by atoms with E-state index in [9.17, 15) is 9.59 Å². The molecule has 0 unspecified atom stereocenters. The van der Waals surface area contributed by atoms with Gasteiger partial charge in [0.1, 0.15) is 0 Å². The highest BCUT2D eigenvalue weighted by Gasteiger charge is 2.12. The fourth-order valence-electron chi connectivity index (χ4n) is 1.93. The van der Waals surface area contributed by atoms with Gasteiger partial charge in [-0.1, -0.05) is 6.07 Å². The van der Waals surface area contributed by atoms with Crippen molar-refractivity contribution in [2.45, 2.75) is 13.0 Å². The summed E-state index contributed by atoms with van der Waals surface area (Å²) in [6.07, 6.45) is 3.24. The van der Waals surface area contributed by atoms with Gasteiger partial charge in [-0.2, -0.15) is 0 Å². The van der Waals surface area contributed by atoms with E-state index in [-0.39, 0.29) is 24.0 Å². The highest BCUT2D eigenvalue weighted by atomic mass is 32.1. The first kappa shape index (κ1) is 15.9. The van der Waals surface area contributed by atoms with Crippen molar-refractivity contribution in [1.82, 2.24) is 15.3 Å². The number of aromatic nitrogens is 2. The number of pyridine rings is 1. The summed E-state index contributed by atoms with van der Waals surface area (Å²) in [5, 5.41) is 7.56. The molecule has 3 aromatic heterocycles. The molecule has 3 aromatic rings. The van der Waals surface area contributed by atoms with Gasteiger partial charge in [0.2, 0.25) is 5.91 Å². The smallest absolute Gasteiger partial charge is 0.293 e.